The maximum atomic E-state index is 13.8. The molecule has 0 unspecified atom stereocenters. The summed E-state index contributed by atoms with van der Waals surface area (Å²) < 4.78 is 5.80. The third-order valence-corrected chi connectivity index (χ3v) is 7.69. The molecule has 0 radical (unpaired) electrons. The second-order valence-electron chi connectivity index (χ2n) is 9.35. The number of hydrogen-bond donors (Lipinski definition) is 0. The van der Waals surface area contributed by atoms with Gasteiger partial charge in [0.2, 0.25) is 0 Å². The number of halogens is 1. The zero-order valence-corrected chi connectivity index (χ0v) is 22.0. The van der Waals surface area contributed by atoms with E-state index < -0.39 is 11.6 Å². The van der Waals surface area contributed by atoms with Crippen LogP contribution in [0.15, 0.2) is 77.8 Å². The molecule has 7 heteroatoms. The molecule has 0 N–H and O–H groups in total. The van der Waals surface area contributed by atoms with Gasteiger partial charge < -0.3 is 9.64 Å². The van der Waals surface area contributed by atoms with Crippen LogP contribution in [-0.4, -0.2) is 27.5 Å². The van der Waals surface area contributed by atoms with Crippen molar-refractivity contribution in [2.45, 2.75) is 51.5 Å². The first-order valence-corrected chi connectivity index (χ1v) is 13.0. The van der Waals surface area contributed by atoms with Crippen LogP contribution in [0.5, 0.6) is 5.75 Å². The Morgan fingerprint density at radius 3 is 2.22 bits per heavy atom. The molecule has 5 rings (SSSR count). The largest absolute Gasteiger partial charge is 0.427 e. The molecule has 2 aliphatic rings. The van der Waals surface area contributed by atoms with Crippen molar-refractivity contribution in [3.63, 3.8) is 0 Å². The molecule has 36 heavy (non-hydrogen) atoms. The molecule has 5 nitrogen and oxygen atoms in total. The van der Waals surface area contributed by atoms with Gasteiger partial charge in [0.15, 0.2) is 5.11 Å². The highest BCUT2D eigenvalue weighted by Gasteiger charge is 2.57. The second-order valence-corrected chi connectivity index (χ2v) is 10.1. The summed E-state index contributed by atoms with van der Waals surface area (Å²) in [6.45, 7) is 4.07. The van der Waals surface area contributed by atoms with E-state index in [1.54, 1.807) is 12.1 Å². The number of hydrogen-bond acceptors (Lipinski definition) is 4. The van der Waals surface area contributed by atoms with Crippen LogP contribution in [0.3, 0.4) is 0 Å². The molecule has 0 atom stereocenters. The van der Waals surface area contributed by atoms with E-state index in [-0.39, 0.29) is 0 Å². The van der Waals surface area contributed by atoms with Crippen LogP contribution in [0.2, 0.25) is 5.02 Å². The van der Waals surface area contributed by atoms with Crippen LogP contribution >= 0.6 is 23.8 Å². The van der Waals surface area contributed by atoms with E-state index in [0.29, 0.717) is 21.7 Å². The molecule has 1 heterocycles. The van der Waals surface area contributed by atoms with Gasteiger partial charge in [0.05, 0.1) is 16.4 Å². The van der Waals surface area contributed by atoms with Gasteiger partial charge >= 0.3 is 6.09 Å². The SMILES string of the molecule is Cc1cccc(C)c1N=C1N(C(=O)Oc2ccccc2)C(=S)N(c2ccccc2Cl)C12CCCCC2. The van der Waals surface area contributed by atoms with Crippen LogP contribution in [-0.2, 0) is 0 Å². The summed E-state index contributed by atoms with van der Waals surface area (Å²) in [5.74, 6) is 1.05. The fourth-order valence-corrected chi connectivity index (χ4v) is 5.93. The first-order chi connectivity index (χ1) is 17.4. The normalized spacial score (nSPS) is 18.2. The van der Waals surface area contributed by atoms with Crippen molar-refractivity contribution in [3.05, 3.63) is 88.9 Å². The molecule has 2 fully saturated rings. The molecular formula is C29H28ClN3O2S. The van der Waals surface area contributed by atoms with E-state index in [0.717, 1.165) is 54.6 Å². The van der Waals surface area contributed by atoms with Gasteiger partial charge in [0, 0.05) is 0 Å². The van der Waals surface area contributed by atoms with Gasteiger partial charge in [-0.05, 0) is 74.3 Å². The number of carbonyl (C=O) groups excluding carboxylic acids is 1. The minimum atomic E-state index is -0.606. The van der Waals surface area contributed by atoms with E-state index in [4.69, 9.17) is 33.5 Å². The number of amidine groups is 1. The summed E-state index contributed by atoms with van der Waals surface area (Å²) in [4.78, 5) is 22.5. The van der Waals surface area contributed by atoms with Crippen LogP contribution in [0.4, 0.5) is 16.2 Å². The average Bonchev–Trinajstić information content (AvgIpc) is 3.09. The van der Waals surface area contributed by atoms with Gasteiger partial charge in [0.1, 0.15) is 17.1 Å². The highest BCUT2D eigenvalue weighted by atomic mass is 35.5. The van der Waals surface area contributed by atoms with Crippen molar-refractivity contribution in [2.75, 3.05) is 4.90 Å². The Labute approximate surface area is 222 Å². The molecule has 1 aliphatic heterocycles. The molecular weight excluding hydrogens is 490 g/mol. The lowest BCUT2D eigenvalue weighted by Crippen LogP contribution is -2.51. The Balaban J connectivity index is 1.72. The number of rotatable bonds is 3. The number of para-hydroxylation sites is 3. The zero-order valence-electron chi connectivity index (χ0n) is 20.4. The smallest absolute Gasteiger partial charge is 0.410 e. The lowest BCUT2D eigenvalue weighted by atomic mass is 9.79. The van der Waals surface area contributed by atoms with E-state index in [2.05, 4.69) is 0 Å². The van der Waals surface area contributed by atoms with Gasteiger partial charge in [-0.3, -0.25) is 0 Å². The average molecular weight is 518 g/mol. The van der Waals surface area contributed by atoms with Crippen LogP contribution < -0.4 is 9.64 Å². The molecule has 0 aromatic heterocycles. The summed E-state index contributed by atoms with van der Waals surface area (Å²) >= 11 is 12.7. The predicted octanol–water partition coefficient (Wildman–Crippen LogP) is 8.00. The summed E-state index contributed by atoms with van der Waals surface area (Å²) in [6, 6.07) is 22.8. The van der Waals surface area contributed by atoms with Gasteiger partial charge in [-0.2, -0.15) is 0 Å². The highest BCUT2D eigenvalue weighted by molar-refractivity contribution is 7.80. The zero-order chi connectivity index (χ0) is 25.3. The summed E-state index contributed by atoms with van der Waals surface area (Å²) in [5, 5.41) is 0.908. The third kappa shape index (κ3) is 4.29. The predicted molar refractivity (Wildman–Crippen MR) is 150 cm³/mol. The lowest BCUT2D eigenvalue weighted by molar-refractivity contribution is 0.190. The van der Waals surface area contributed by atoms with Crippen molar-refractivity contribution in [1.82, 2.24) is 4.90 Å². The second kappa shape index (κ2) is 10.0. The minimum absolute atomic E-state index is 0.330. The van der Waals surface area contributed by atoms with Crippen LogP contribution in [0.25, 0.3) is 0 Å². The first-order valence-electron chi connectivity index (χ1n) is 12.2. The van der Waals surface area contributed by atoms with Crippen molar-refractivity contribution >= 4 is 52.2 Å². The quantitative estimate of drug-likeness (QED) is 0.330. The molecule has 1 aliphatic carbocycles. The topological polar surface area (TPSA) is 45.1 Å². The maximum absolute atomic E-state index is 13.8. The summed E-state index contributed by atoms with van der Waals surface area (Å²) in [5.41, 5.74) is 3.08. The molecule has 1 amide bonds. The van der Waals surface area contributed by atoms with Gasteiger partial charge in [0.25, 0.3) is 0 Å². The summed E-state index contributed by atoms with van der Waals surface area (Å²) in [6.07, 6.45) is 4.15. The number of benzene rings is 3. The van der Waals surface area contributed by atoms with E-state index >= 15 is 0 Å². The number of thiocarbonyl (C=S) groups is 1. The molecule has 1 saturated carbocycles. The van der Waals surface area contributed by atoms with E-state index in [1.807, 2.05) is 79.4 Å². The van der Waals surface area contributed by atoms with E-state index in [9.17, 15) is 4.79 Å². The number of nitrogens with zero attached hydrogens (tertiary/aromatic N) is 3. The van der Waals surface area contributed by atoms with Gasteiger partial charge in [-0.15, -0.1) is 0 Å². The maximum Gasteiger partial charge on any atom is 0.427 e. The van der Waals surface area contributed by atoms with Gasteiger partial charge in [-0.25, -0.2) is 14.7 Å². The monoisotopic (exact) mass is 517 g/mol. The molecule has 1 spiro atoms. The lowest BCUT2D eigenvalue weighted by Gasteiger charge is -2.41. The first kappa shape index (κ1) is 24.5. The Bertz CT molecular complexity index is 1320. The standard InChI is InChI=1S/C29H28ClN3O2S/c1-20-12-11-13-21(2)25(20)31-26-29(18-9-4-10-19-29)33(24-17-8-7-16-23(24)30)27(36)32(26)28(34)35-22-14-5-3-6-15-22/h3,5-8,11-17H,4,9-10,18-19H2,1-2H3. The van der Waals surface area contributed by atoms with Crippen LogP contribution in [0.1, 0.15) is 43.2 Å². The molecule has 3 aromatic carbocycles. The van der Waals surface area contributed by atoms with Crippen molar-refractivity contribution in [1.29, 1.82) is 0 Å². The van der Waals surface area contributed by atoms with Crippen molar-refractivity contribution in [3.8, 4) is 5.75 Å². The number of carbonyl (C=O) groups is 1. The number of aryl methyl sites for hydroxylation is 2. The number of amides is 1. The Morgan fingerprint density at radius 1 is 0.917 bits per heavy atom. The fraction of sp³-hybridized carbons (Fsp3) is 0.276. The number of ether oxygens (including phenoxy) is 1. The molecule has 1 saturated heterocycles. The highest BCUT2D eigenvalue weighted by Crippen LogP contribution is 2.47. The molecule has 184 valence electrons. The molecule has 3 aromatic rings. The molecule has 0 bridgehead atoms. The Hall–Kier alpha value is -3.22. The number of aliphatic imine (C=N–C) groups is 1. The number of anilines is 1. The van der Waals surface area contributed by atoms with E-state index in [1.165, 1.54) is 4.90 Å². The third-order valence-electron chi connectivity index (χ3n) is 7.00. The van der Waals surface area contributed by atoms with Crippen LogP contribution in [0, 0.1) is 13.8 Å². The Kier molecular flexibility index (Phi) is 6.82. The van der Waals surface area contributed by atoms with Gasteiger partial charge in [-0.1, -0.05) is 79.4 Å². The fourth-order valence-electron chi connectivity index (χ4n) is 5.27. The minimum Gasteiger partial charge on any atom is -0.410 e. The van der Waals surface area contributed by atoms with Crippen molar-refractivity contribution in [2.24, 2.45) is 4.99 Å². The Morgan fingerprint density at radius 2 is 1.56 bits per heavy atom. The summed E-state index contributed by atoms with van der Waals surface area (Å²) in [7, 11) is 0. The van der Waals surface area contributed by atoms with Crippen molar-refractivity contribution < 1.29 is 9.53 Å².